The Balaban J connectivity index is 2.26. The van der Waals surface area contributed by atoms with Gasteiger partial charge in [-0.2, -0.15) is 0 Å². The van der Waals surface area contributed by atoms with Gasteiger partial charge in [0.2, 0.25) is 0 Å². The second-order valence-electron chi connectivity index (χ2n) is 3.83. The summed E-state index contributed by atoms with van der Waals surface area (Å²) in [5.41, 5.74) is 4.66. The standard InChI is InChI=1S/C13H15NO/c1-10-6-13(8-14-7-10)12-4-2-11(9-15)3-5-12/h2-6,8,14-15H,7,9H2,1H3. The lowest BCUT2D eigenvalue weighted by atomic mass is 10.0. The van der Waals surface area contributed by atoms with Crippen LogP contribution in [-0.2, 0) is 6.61 Å². The summed E-state index contributed by atoms with van der Waals surface area (Å²) in [5.74, 6) is 0. The van der Waals surface area contributed by atoms with E-state index in [9.17, 15) is 0 Å². The van der Waals surface area contributed by atoms with Gasteiger partial charge in [0.25, 0.3) is 0 Å². The molecule has 1 aliphatic rings. The van der Waals surface area contributed by atoms with Crippen LogP contribution in [0.5, 0.6) is 0 Å². The highest BCUT2D eigenvalue weighted by Crippen LogP contribution is 2.19. The average Bonchev–Trinajstić information content (AvgIpc) is 2.29. The lowest BCUT2D eigenvalue weighted by molar-refractivity contribution is 0.282. The van der Waals surface area contributed by atoms with Gasteiger partial charge < -0.3 is 10.4 Å². The summed E-state index contributed by atoms with van der Waals surface area (Å²) >= 11 is 0. The normalized spacial score (nSPS) is 15.3. The lowest BCUT2D eigenvalue weighted by Gasteiger charge is -2.12. The second kappa shape index (κ2) is 4.32. The molecule has 0 atom stereocenters. The van der Waals surface area contributed by atoms with Crippen molar-refractivity contribution in [3.05, 3.63) is 53.2 Å². The molecular formula is C13H15NO. The molecule has 1 aromatic rings. The quantitative estimate of drug-likeness (QED) is 0.767. The molecule has 0 saturated heterocycles. The fourth-order valence-electron chi connectivity index (χ4n) is 1.65. The minimum atomic E-state index is 0.104. The molecule has 0 aromatic heterocycles. The predicted octanol–water partition coefficient (Wildman–Crippen LogP) is 2.07. The highest BCUT2D eigenvalue weighted by atomic mass is 16.3. The molecule has 78 valence electrons. The Morgan fingerprint density at radius 3 is 2.60 bits per heavy atom. The Kier molecular flexibility index (Phi) is 2.88. The van der Waals surface area contributed by atoms with E-state index in [0.717, 1.165) is 12.1 Å². The van der Waals surface area contributed by atoms with Gasteiger partial charge >= 0.3 is 0 Å². The molecule has 0 unspecified atom stereocenters. The van der Waals surface area contributed by atoms with Crippen LogP contribution in [0.15, 0.2) is 42.1 Å². The zero-order valence-corrected chi connectivity index (χ0v) is 8.83. The van der Waals surface area contributed by atoms with E-state index in [0.29, 0.717) is 0 Å². The largest absolute Gasteiger partial charge is 0.392 e. The van der Waals surface area contributed by atoms with Crippen molar-refractivity contribution in [3.8, 4) is 0 Å². The number of aliphatic hydroxyl groups excluding tert-OH is 1. The highest BCUT2D eigenvalue weighted by molar-refractivity contribution is 5.75. The maximum Gasteiger partial charge on any atom is 0.0681 e. The molecule has 0 aliphatic carbocycles. The zero-order chi connectivity index (χ0) is 10.7. The monoisotopic (exact) mass is 201 g/mol. The van der Waals surface area contributed by atoms with Gasteiger partial charge in [0, 0.05) is 12.7 Å². The summed E-state index contributed by atoms with van der Waals surface area (Å²) in [5, 5.41) is 12.2. The van der Waals surface area contributed by atoms with Gasteiger partial charge in [-0.3, -0.25) is 0 Å². The van der Waals surface area contributed by atoms with Crippen molar-refractivity contribution in [2.45, 2.75) is 13.5 Å². The van der Waals surface area contributed by atoms with E-state index in [1.807, 2.05) is 30.5 Å². The van der Waals surface area contributed by atoms with Gasteiger partial charge in [0.05, 0.1) is 6.61 Å². The Bertz CT molecular complexity index is 401. The third-order valence-electron chi connectivity index (χ3n) is 2.51. The van der Waals surface area contributed by atoms with Crippen LogP contribution in [-0.4, -0.2) is 11.7 Å². The van der Waals surface area contributed by atoms with E-state index in [1.54, 1.807) is 0 Å². The number of nitrogens with one attached hydrogen (secondary N) is 1. The summed E-state index contributed by atoms with van der Waals surface area (Å²) in [7, 11) is 0. The van der Waals surface area contributed by atoms with Crippen molar-refractivity contribution < 1.29 is 5.11 Å². The molecule has 15 heavy (non-hydrogen) atoms. The van der Waals surface area contributed by atoms with Crippen LogP contribution < -0.4 is 5.32 Å². The molecule has 2 N–H and O–H groups in total. The topological polar surface area (TPSA) is 32.3 Å². The molecule has 0 spiro atoms. The first kappa shape index (κ1) is 9.99. The van der Waals surface area contributed by atoms with Crippen molar-refractivity contribution in [1.82, 2.24) is 5.32 Å². The van der Waals surface area contributed by atoms with Crippen molar-refractivity contribution in [3.63, 3.8) is 0 Å². The Hall–Kier alpha value is -1.54. The maximum atomic E-state index is 8.94. The Morgan fingerprint density at radius 2 is 2.00 bits per heavy atom. The molecule has 0 saturated carbocycles. The summed E-state index contributed by atoms with van der Waals surface area (Å²) in [6, 6.07) is 7.98. The van der Waals surface area contributed by atoms with Crippen LogP contribution in [0.2, 0.25) is 0 Å². The summed E-state index contributed by atoms with van der Waals surface area (Å²) in [6.07, 6.45) is 4.21. The van der Waals surface area contributed by atoms with Crippen LogP contribution >= 0.6 is 0 Å². The molecule has 2 nitrogen and oxygen atoms in total. The summed E-state index contributed by atoms with van der Waals surface area (Å²) < 4.78 is 0. The number of hydrogen-bond donors (Lipinski definition) is 2. The van der Waals surface area contributed by atoms with E-state index < -0.39 is 0 Å². The van der Waals surface area contributed by atoms with Crippen LogP contribution in [0.25, 0.3) is 5.57 Å². The van der Waals surface area contributed by atoms with E-state index in [1.165, 1.54) is 16.7 Å². The SMILES string of the molecule is CC1=CC(c2ccc(CO)cc2)=CNC1. The number of allylic oxidation sites excluding steroid dienone is 2. The van der Waals surface area contributed by atoms with E-state index >= 15 is 0 Å². The molecule has 0 fully saturated rings. The van der Waals surface area contributed by atoms with Crippen LogP contribution in [0.4, 0.5) is 0 Å². The van der Waals surface area contributed by atoms with Crippen molar-refractivity contribution in [1.29, 1.82) is 0 Å². The third kappa shape index (κ3) is 2.28. The smallest absolute Gasteiger partial charge is 0.0681 e. The number of rotatable bonds is 2. The number of dihydropyridines is 1. The molecule has 1 heterocycles. The fraction of sp³-hybridized carbons (Fsp3) is 0.231. The van der Waals surface area contributed by atoms with Crippen LogP contribution in [0.1, 0.15) is 18.1 Å². The Labute approximate surface area is 89.9 Å². The van der Waals surface area contributed by atoms with Gasteiger partial charge in [-0.05, 0) is 23.6 Å². The minimum Gasteiger partial charge on any atom is -0.392 e. The van der Waals surface area contributed by atoms with Gasteiger partial charge in [0.15, 0.2) is 0 Å². The first-order chi connectivity index (χ1) is 7.29. The van der Waals surface area contributed by atoms with Gasteiger partial charge in [-0.15, -0.1) is 0 Å². The van der Waals surface area contributed by atoms with Gasteiger partial charge in [-0.25, -0.2) is 0 Å². The minimum absolute atomic E-state index is 0.104. The maximum absolute atomic E-state index is 8.94. The predicted molar refractivity (Wildman–Crippen MR) is 62.1 cm³/mol. The van der Waals surface area contributed by atoms with Crippen LogP contribution in [0.3, 0.4) is 0 Å². The molecule has 0 bridgehead atoms. The van der Waals surface area contributed by atoms with Crippen molar-refractivity contribution in [2.24, 2.45) is 0 Å². The highest BCUT2D eigenvalue weighted by Gasteiger charge is 2.03. The lowest BCUT2D eigenvalue weighted by Crippen LogP contribution is -2.12. The molecule has 1 aromatic carbocycles. The number of benzene rings is 1. The fourth-order valence-corrected chi connectivity index (χ4v) is 1.65. The second-order valence-corrected chi connectivity index (χ2v) is 3.83. The van der Waals surface area contributed by atoms with E-state index in [4.69, 9.17) is 5.11 Å². The first-order valence-corrected chi connectivity index (χ1v) is 5.10. The van der Waals surface area contributed by atoms with E-state index in [-0.39, 0.29) is 6.61 Å². The molecule has 0 amide bonds. The third-order valence-corrected chi connectivity index (χ3v) is 2.51. The summed E-state index contributed by atoms with van der Waals surface area (Å²) in [4.78, 5) is 0. The van der Waals surface area contributed by atoms with Gasteiger partial charge in [-0.1, -0.05) is 35.9 Å². The molecular weight excluding hydrogens is 186 g/mol. The summed E-state index contributed by atoms with van der Waals surface area (Å²) in [6.45, 7) is 3.15. The number of hydrogen-bond acceptors (Lipinski definition) is 2. The molecule has 0 radical (unpaired) electrons. The van der Waals surface area contributed by atoms with Gasteiger partial charge in [0.1, 0.15) is 0 Å². The molecule has 2 rings (SSSR count). The zero-order valence-electron chi connectivity index (χ0n) is 8.83. The number of aliphatic hydroxyl groups is 1. The average molecular weight is 201 g/mol. The first-order valence-electron chi connectivity index (χ1n) is 5.10. The van der Waals surface area contributed by atoms with Crippen molar-refractivity contribution in [2.75, 3.05) is 6.54 Å². The molecule has 1 aliphatic heterocycles. The van der Waals surface area contributed by atoms with E-state index in [2.05, 4.69) is 18.3 Å². The Morgan fingerprint density at radius 1 is 1.27 bits per heavy atom. The van der Waals surface area contributed by atoms with Crippen molar-refractivity contribution >= 4 is 5.57 Å². The van der Waals surface area contributed by atoms with Crippen LogP contribution in [0, 0.1) is 0 Å². The molecule has 2 heteroatoms.